The lowest BCUT2D eigenvalue weighted by molar-refractivity contribution is -0.0762. The zero-order chi connectivity index (χ0) is 10.8. The van der Waals surface area contributed by atoms with Crippen molar-refractivity contribution in [2.24, 2.45) is 17.8 Å². The molecule has 3 atom stereocenters. The van der Waals surface area contributed by atoms with E-state index in [2.05, 4.69) is 26.8 Å². The Morgan fingerprint density at radius 1 is 1.50 bits per heavy atom. The Kier molecular flexibility index (Phi) is 3.55. The molecule has 1 rings (SSSR count). The molecule has 1 aliphatic rings. The Bertz CT molecular complexity index is 231. The highest BCUT2D eigenvalue weighted by Crippen LogP contribution is 2.42. The Balaban J connectivity index is 2.78. The normalized spacial score (nSPS) is 38.3. The summed E-state index contributed by atoms with van der Waals surface area (Å²) in [6, 6.07) is 2.13. The molecule has 0 saturated heterocycles. The maximum absolute atomic E-state index is 10.4. The van der Waals surface area contributed by atoms with Gasteiger partial charge in [0.15, 0.2) is 0 Å². The van der Waals surface area contributed by atoms with Crippen LogP contribution in [0.25, 0.3) is 0 Å². The lowest BCUT2D eigenvalue weighted by atomic mass is 9.66. The number of hydrogen-bond acceptors (Lipinski definition) is 2. The molecular formula is C12H21NO. The minimum atomic E-state index is -0.722. The third-order valence-corrected chi connectivity index (χ3v) is 3.55. The van der Waals surface area contributed by atoms with Crippen molar-refractivity contribution in [3.63, 3.8) is 0 Å². The van der Waals surface area contributed by atoms with E-state index in [1.165, 1.54) is 6.42 Å². The van der Waals surface area contributed by atoms with Crippen LogP contribution in [0.5, 0.6) is 0 Å². The highest BCUT2D eigenvalue weighted by atomic mass is 16.3. The standard InChI is InChI=1S/C12H21NO/c1-9(2)11-5-4-10(3)8-12(11,14)6-7-13/h9-11,14H,4-6,8H2,1-3H3/t10-,11+,12+/m1/s1. The van der Waals surface area contributed by atoms with Gasteiger partial charge in [-0.15, -0.1) is 0 Å². The summed E-state index contributed by atoms with van der Waals surface area (Å²) in [5, 5.41) is 19.2. The topological polar surface area (TPSA) is 44.0 Å². The van der Waals surface area contributed by atoms with Gasteiger partial charge in [0.25, 0.3) is 0 Å². The lowest BCUT2D eigenvalue weighted by Gasteiger charge is -2.43. The van der Waals surface area contributed by atoms with Crippen LogP contribution in [0.2, 0.25) is 0 Å². The second-order valence-electron chi connectivity index (χ2n) is 5.18. The van der Waals surface area contributed by atoms with Gasteiger partial charge in [0.2, 0.25) is 0 Å². The second-order valence-corrected chi connectivity index (χ2v) is 5.18. The van der Waals surface area contributed by atoms with E-state index in [-0.39, 0.29) is 0 Å². The Morgan fingerprint density at radius 3 is 2.64 bits per heavy atom. The highest BCUT2D eigenvalue weighted by Gasteiger charge is 2.42. The first-order valence-corrected chi connectivity index (χ1v) is 5.59. The largest absolute Gasteiger partial charge is 0.389 e. The quantitative estimate of drug-likeness (QED) is 0.736. The van der Waals surface area contributed by atoms with Crippen LogP contribution in [-0.2, 0) is 0 Å². The van der Waals surface area contributed by atoms with E-state index in [1.807, 2.05) is 0 Å². The molecule has 1 N–H and O–H groups in total. The van der Waals surface area contributed by atoms with Crippen molar-refractivity contribution in [2.45, 2.75) is 52.1 Å². The molecule has 0 aromatic carbocycles. The summed E-state index contributed by atoms with van der Waals surface area (Å²) in [6.07, 6.45) is 3.34. The molecule has 0 heterocycles. The van der Waals surface area contributed by atoms with E-state index >= 15 is 0 Å². The predicted molar refractivity (Wildman–Crippen MR) is 56.5 cm³/mol. The molecule has 0 unspecified atom stereocenters. The fourth-order valence-corrected chi connectivity index (χ4v) is 2.88. The molecule has 0 aliphatic heterocycles. The number of aliphatic hydroxyl groups is 1. The molecule has 1 fully saturated rings. The van der Waals surface area contributed by atoms with Crippen LogP contribution in [0.1, 0.15) is 46.5 Å². The minimum Gasteiger partial charge on any atom is -0.389 e. The maximum atomic E-state index is 10.4. The molecular weight excluding hydrogens is 174 g/mol. The molecule has 1 saturated carbocycles. The van der Waals surface area contributed by atoms with Crippen LogP contribution in [0, 0.1) is 29.1 Å². The van der Waals surface area contributed by atoms with Gasteiger partial charge in [-0.25, -0.2) is 0 Å². The smallest absolute Gasteiger partial charge is 0.0810 e. The molecule has 0 radical (unpaired) electrons. The van der Waals surface area contributed by atoms with Crippen molar-refractivity contribution in [1.29, 1.82) is 5.26 Å². The van der Waals surface area contributed by atoms with Crippen molar-refractivity contribution in [3.05, 3.63) is 0 Å². The summed E-state index contributed by atoms with van der Waals surface area (Å²) in [6.45, 7) is 6.45. The summed E-state index contributed by atoms with van der Waals surface area (Å²) in [7, 11) is 0. The molecule has 0 spiro atoms. The molecule has 80 valence electrons. The first kappa shape index (κ1) is 11.5. The summed E-state index contributed by atoms with van der Waals surface area (Å²) in [5.74, 6) is 1.34. The van der Waals surface area contributed by atoms with Gasteiger partial charge in [-0.2, -0.15) is 5.26 Å². The van der Waals surface area contributed by atoms with E-state index in [0.29, 0.717) is 24.2 Å². The van der Waals surface area contributed by atoms with Crippen molar-refractivity contribution in [1.82, 2.24) is 0 Å². The van der Waals surface area contributed by atoms with Gasteiger partial charge in [0.1, 0.15) is 0 Å². The van der Waals surface area contributed by atoms with Gasteiger partial charge in [0.05, 0.1) is 18.1 Å². The van der Waals surface area contributed by atoms with E-state index in [1.54, 1.807) is 0 Å². The van der Waals surface area contributed by atoms with Gasteiger partial charge < -0.3 is 5.11 Å². The lowest BCUT2D eigenvalue weighted by Crippen LogP contribution is -2.45. The van der Waals surface area contributed by atoms with Crippen LogP contribution in [0.3, 0.4) is 0 Å². The summed E-state index contributed by atoms with van der Waals surface area (Å²) in [4.78, 5) is 0. The molecule has 0 amide bonds. The van der Waals surface area contributed by atoms with Crippen LogP contribution < -0.4 is 0 Å². The summed E-state index contributed by atoms with van der Waals surface area (Å²) in [5.41, 5.74) is -0.722. The SMILES string of the molecule is CC(C)[C@@H]1CC[C@@H](C)C[C@@]1(O)CC#N. The number of nitriles is 1. The number of hydrogen-bond donors (Lipinski definition) is 1. The molecule has 1 aliphatic carbocycles. The summed E-state index contributed by atoms with van der Waals surface area (Å²) >= 11 is 0. The molecule has 0 bridgehead atoms. The van der Waals surface area contributed by atoms with Gasteiger partial charge in [-0.3, -0.25) is 0 Å². The maximum Gasteiger partial charge on any atom is 0.0810 e. The van der Waals surface area contributed by atoms with E-state index in [4.69, 9.17) is 5.26 Å². The van der Waals surface area contributed by atoms with Crippen LogP contribution in [0.15, 0.2) is 0 Å². The first-order chi connectivity index (χ1) is 6.49. The van der Waals surface area contributed by atoms with E-state index < -0.39 is 5.60 Å². The van der Waals surface area contributed by atoms with Crippen LogP contribution in [0.4, 0.5) is 0 Å². The van der Waals surface area contributed by atoms with E-state index in [9.17, 15) is 5.11 Å². The molecule has 14 heavy (non-hydrogen) atoms. The van der Waals surface area contributed by atoms with Crippen molar-refractivity contribution < 1.29 is 5.11 Å². The molecule has 0 aromatic heterocycles. The average Bonchev–Trinajstić information content (AvgIpc) is 2.02. The fourth-order valence-electron chi connectivity index (χ4n) is 2.88. The average molecular weight is 195 g/mol. The minimum absolute atomic E-state index is 0.292. The zero-order valence-corrected chi connectivity index (χ0v) is 9.45. The van der Waals surface area contributed by atoms with Crippen molar-refractivity contribution >= 4 is 0 Å². The van der Waals surface area contributed by atoms with Gasteiger partial charge in [0, 0.05) is 0 Å². The zero-order valence-electron chi connectivity index (χ0n) is 9.45. The van der Waals surface area contributed by atoms with Crippen molar-refractivity contribution in [3.8, 4) is 6.07 Å². The Hall–Kier alpha value is -0.550. The van der Waals surface area contributed by atoms with Crippen LogP contribution >= 0.6 is 0 Å². The Morgan fingerprint density at radius 2 is 2.14 bits per heavy atom. The second kappa shape index (κ2) is 4.31. The molecule has 0 aromatic rings. The van der Waals surface area contributed by atoms with Crippen LogP contribution in [-0.4, -0.2) is 10.7 Å². The number of nitrogens with zero attached hydrogens (tertiary/aromatic N) is 1. The number of rotatable bonds is 2. The Labute approximate surface area is 86.9 Å². The molecule has 2 heteroatoms. The van der Waals surface area contributed by atoms with E-state index in [0.717, 1.165) is 12.8 Å². The van der Waals surface area contributed by atoms with Gasteiger partial charge in [-0.05, 0) is 30.6 Å². The monoisotopic (exact) mass is 195 g/mol. The summed E-state index contributed by atoms with van der Waals surface area (Å²) < 4.78 is 0. The van der Waals surface area contributed by atoms with Gasteiger partial charge in [-0.1, -0.05) is 27.2 Å². The van der Waals surface area contributed by atoms with Crippen molar-refractivity contribution in [2.75, 3.05) is 0 Å². The third kappa shape index (κ3) is 2.27. The predicted octanol–water partition coefficient (Wildman–Crippen LogP) is 2.72. The third-order valence-electron chi connectivity index (χ3n) is 3.55. The first-order valence-electron chi connectivity index (χ1n) is 5.59. The fraction of sp³-hybridized carbons (Fsp3) is 0.917. The molecule has 2 nitrogen and oxygen atoms in total. The highest BCUT2D eigenvalue weighted by molar-refractivity contribution is 4.98. The van der Waals surface area contributed by atoms with Gasteiger partial charge >= 0.3 is 0 Å².